The van der Waals surface area contributed by atoms with E-state index in [0.29, 0.717) is 30.6 Å². The molecule has 9 heteroatoms. The van der Waals surface area contributed by atoms with E-state index in [9.17, 15) is 27.6 Å². The van der Waals surface area contributed by atoms with Crippen LogP contribution in [0.1, 0.15) is 58.3 Å². The van der Waals surface area contributed by atoms with Gasteiger partial charge in [0.1, 0.15) is 0 Å². The van der Waals surface area contributed by atoms with Crippen molar-refractivity contribution in [2.24, 2.45) is 0 Å². The van der Waals surface area contributed by atoms with Crippen molar-refractivity contribution < 1.29 is 27.6 Å². The van der Waals surface area contributed by atoms with Gasteiger partial charge in [0.15, 0.2) is 0 Å². The van der Waals surface area contributed by atoms with Crippen LogP contribution >= 0.6 is 0 Å². The van der Waals surface area contributed by atoms with Crippen LogP contribution < -0.4 is 10.6 Å². The molecular weight excluding hydrogens is 327 g/mol. The van der Waals surface area contributed by atoms with Crippen molar-refractivity contribution in [3.63, 3.8) is 0 Å². The van der Waals surface area contributed by atoms with Gasteiger partial charge in [-0.25, -0.2) is 4.79 Å². The average Bonchev–Trinajstić information content (AvgIpc) is 2.77. The molecule has 24 heavy (non-hydrogen) atoms. The van der Waals surface area contributed by atoms with Crippen molar-refractivity contribution in [1.29, 1.82) is 0 Å². The first-order valence-electron chi connectivity index (χ1n) is 8.26. The zero-order valence-electron chi connectivity index (χ0n) is 13.5. The summed E-state index contributed by atoms with van der Waals surface area (Å²) >= 11 is 0. The van der Waals surface area contributed by atoms with Crippen LogP contribution in [0.25, 0.3) is 0 Å². The van der Waals surface area contributed by atoms with Gasteiger partial charge in [0.05, 0.1) is 0 Å². The molecule has 2 fully saturated rings. The number of hydrogen-bond acceptors (Lipinski definition) is 3. The molecule has 2 rings (SSSR count). The number of nitrogens with zero attached hydrogens (tertiary/aromatic N) is 1. The van der Waals surface area contributed by atoms with Crippen molar-refractivity contribution in [3.05, 3.63) is 0 Å². The molecule has 0 aromatic rings. The highest BCUT2D eigenvalue weighted by molar-refractivity contribution is 6.09. The second-order valence-electron chi connectivity index (χ2n) is 6.30. The minimum Gasteiger partial charge on any atom is -0.318 e. The largest absolute Gasteiger partial charge is 0.440 e. The first-order chi connectivity index (χ1) is 11.2. The van der Waals surface area contributed by atoms with E-state index >= 15 is 0 Å². The molecule has 0 aromatic carbocycles. The van der Waals surface area contributed by atoms with Crippen molar-refractivity contribution in [1.82, 2.24) is 15.5 Å². The molecule has 1 aliphatic carbocycles. The summed E-state index contributed by atoms with van der Waals surface area (Å²) in [5.41, 5.74) is -3.35. The fourth-order valence-corrected chi connectivity index (χ4v) is 3.17. The van der Waals surface area contributed by atoms with Crippen LogP contribution in [0, 0.1) is 0 Å². The lowest BCUT2D eigenvalue weighted by Crippen LogP contribution is -2.69. The van der Waals surface area contributed by atoms with Crippen LogP contribution in [-0.2, 0) is 9.59 Å². The van der Waals surface area contributed by atoms with Crippen LogP contribution in [0.5, 0.6) is 0 Å². The summed E-state index contributed by atoms with van der Waals surface area (Å²) in [6, 6.07) is -1.65. The first kappa shape index (κ1) is 18.5. The highest BCUT2D eigenvalue weighted by Crippen LogP contribution is 2.36. The average molecular weight is 349 g/mol. The summed E-state index contributed by atoms with van der Waals surface area (Å²) in [5, 5.41) is 3.42. The van der Waals surface area contributed by atoms with Crippen molar-refractivity contribution in [3.8, 4) is 0 Å². The predicted octanol–water partition coefficient (Wildman–Crippen LogP) is 2.44. The number of hydrogen-bond donors (Lipinski definition) is 2. The Morgan fingerprint density at radius 3 is 2.46 bits per heavy atom. The van der Waals surface area contributed by atoms with Crippen LogP contribution in [-0.4, -0.2) is 40.6 Å². The normalized spacial score (nSPS) is 25.8. The topological polar surface area (TPSA) is 78.5 Å². The van der Waals surface area contributed by atoms with Gasteiger partial charge in [-0.1, -0.05) is 32.6 Å². The lowest BCUT2D eigenvalue weighted by molar-refractivity contribution is -0.204. The third-order valence-corrected chi connectivity index (χ3v) is 4.50. The zero-order valence-corrected chi connectivity index (χ0v) is 13.5. The number of rotatable bonds is 5. The molecule has 1 saturated carbocycles. The van der Waals surface area contributed by atoms with E-state index in [2.05, 4.69) is 0 Å². The Bertz CT molecular complexity index is 518. The van der Waals surface area contributed by atoms with Crippen molar-refractivity contribution in [2.75, 3.05) is 0 Å². The van der Waals surface area contributed by atoms with Crippen LogP contribution in [0.4, 0.5) is 18.0 Å². The Balaban J connectivity index is 2.26. The molecule has 136 valence electrons. The number of halogens is 3. The summed E-state index contributed by atoms with van der Waals surface area (Å²) in [7, 11) is 0. The SMILES string of the molecule is CCCCC(=O)N[C@@]1(C(F)(F)F)NC(=O)N(C2CCCCC2)C1=O. The van der Waals surface area contributed by atoms with Crippen LogP contribution in [0.2, 0.25) is 0 Å². The highest BCUT2D eigenvalue weighted by Gasteiger charge is 2.69. The summed E-state index contributed by atoms with van der Waals surface area (Å²) in [5.74, 6) is -2.34. The fraction of sp³-hybridized carbons (Fsp3) is 0.800. The van der Waals surface area contributed by atoms with E-state index in [1.165, 1.54) is 0 Å². The Kier molecular flexibility index (Phi) is 5.39. The van der Waals surface area contributed by atoms with E-state index in [1.807, 2.05) is 0 Å². The first-order valence-corrected chi connectivity index (χ1v) is 8.26. The number of alkyl halides is 3. The van der Waals surface area contributed by atoms with E-state index in [4.69, 9.17) is 0 Å². The maximum atomic E-state index is 13.6. The number of imide groups is 1. The van der Waals surface area contributed by atoms with E-state index < -0.39 is 35.7 Å². The third-order valence-electron chi connectivity index (χ3n) is 4.50. The Hall–Kier alpha value is -1.80. The predicted molar refractivity (Wildman–Crippen MR) is 78.7 cm³/mol. The number of urea groups is 1. The van der Waals surface area contributed by atoms with E-state index in [1.54, 1.807) is 17.6 Å². The number of nitrogens with one attached hydrogen (secondary N) is 2. The van der Waals surface area contributed by atoms with Gasteiger partial charge in [0.2, 0.25) is 5.91 Å². The van der Waals surface area contributed by atoms with E-state index in [-0.39, 0.29) is 6.42 Å². The van der Waals surface area contributed by atoms with Gasteiger partial charge in [-0.3, -0.25) is 19.8 Å². The fourth-order valence-electron chi connectivity index (χ4n) is 3.17. The Morgan fingerprint density at radius 2 is 1.92 bits per heavy atom. The van der Waals surface area contributed by atoms with Crippen molar-refractivity contribution in [2.45, 2.75) is 76.2 Å². The molecule has 0 aromatic heterocycles. The molecule has 0 unspecified atom stereocenters. The minimum absolute atomic E-state index is 0.138. The molecule has 1 aliphatic heterocycles. The number of amides is 4. The molecule has 6 nitrogen and oxygen atoms in total. The van der Waals surface area contributed by atoms with Gasteiger partial charge in [-0.15, -0.1) is 0 Å². The van der Waals surface area contributed by atoms with Gasteiger partial charge in [-0.2, -0.15) is 13.2 Å². The molecule has 1 atom stereocenters. The maximum absolute atomic E-state index is 13.6. The van der Waals surface area contributed by atoms with Crippen LogP contribution in [0.3, 0.4) is 0 Å². The molecule has 1 saturated heterocycles. The van der Waals surface area contributed by atoms with Gasteiger partial charge < -0.3 is 5.32 Å². The molecule has 0 bridgehead atoms. The van der Waals surface area contributed by atoms with Gasteiger partial charge in [0, 0.05) is 12.5 Å². The monoisotopic (exact) mass is 349 g/mol. The molecule has 4 amide bonds. The minimum atomic E-state index is -5.12. The lowest BCUT2D eigenvalue weighted by Gasteiger charge is -2.32. The molecule has 0 spiro atoms. The third kappa shape index (κ3) is 3.34. The smallest absolute Gasteiger partial charge is 0.318 e. The summed E-state index contributed by atoms with van der Waals surface area (Å²) in [6.07, 6.45) is -0.833. The Morgan fingerprint density at radius 1 is 1.29 bits per heavy atom. The standard InChI is InChI=1S/C15H22F3N3O3/c1-2-3-9-11(22)19-14(15(16,17)18)12(23)21(13(24)20-14)10-7-5-4-6-8-10/h10H,2-9H2,1H3,(H,19,22)(H,20,24)/t14-/m1/s1. The highest BCUT2D eigenvalue weighted by atomic mass is 19.4. The number of carbonyl (C=O) groups excluding carboxylic acids is 3. The number of carbonyl (C=O) groups is 3. The summed E-state index contributed by atoms with van der Waals surface area (Å²) in [6.45, 7) is 1.79. The number of unbranched alkanes of at least 4 members (excludes halogenated alkanes) is 1. The van der Waals surface area contributed by atoms with Gasteiger partial charge >= 0.3 is 12.2 Å². The quantitative estimate of drug-likeness (QED) is 0.748. The second-order valence-corrected chi connectivity index (χ2v) is 6.30. The molecule has 1 heterocycles. The molecule has 0 radical (unpaired) electrons. The molecular formula is C15H22F3N3O3. The Labute approximate surface area is 138 Å². The summed E-state index contributed by atoms with van der Waals surface area (Å²) in [4.78, 5) is 37.0. The molecule has 2 aliphatic rings. The van der Waals surface area contributed by atoms with Crippen molar-refractivity contribution >= 4 is 17.8 Å². The van der Waals surface area contributed by atoms with Gasteiger partial charge in [0.25, 0.3) is 11.6 Å². The lowest BCUT2D eigenvalue weighted by atomic mass is 9.94. The summed E-state index contributed by atoms with van der Waals surface area (Å²) < 4.78 is 40.8. The van der Waals surface area contributed by atoms with E-state index in [0.717, 1.165) is 19.3 Å². The maximum Gasteiger partial charge on any atom is 0.440 e. The zero-order chi connectivity index (χ0) is 18.0. The van der Waals surface area contributed by atoms with Crippen LogP contribution in [0.15, 0.2) is 0 Å². The molecule has 2 N–H and O–H groups in total. The van der Waals surface area contributed by atoms with Gasteiger partial charge in [-0.05, 0) is 19.3 Å². The second kappa shape index (κ2) is 6.98.